The summed E-state index contributed by atoms with van der Waals surface area (Å²) in [6.07, 6.45) is 7.20. The van der Waals surface area contributed by atoms with E-state index in [1.165, 1.54) is 0 Å². The average molecular weight is 137 g/mol. The summed E-state index contributed by atoms with van der Waals surface area (Å²) in [7, 11) is 0. The van der Waals surface area contributed by atoms with E-state index in [0.717, 1.165) is 0 Å². The van der Waals surface area contributed by atoms with Crippen LogP contribution in [-0.2, 0) is 4.74 Å². The van der Waals surface area contributed by atoms with Crippen molar-refractivity contribution in [3.63, 3.8) is 0 Å². The number of hydrogen-bond acceptors (Lipinski definition) is 2. The zero-order valence-electron chi connectivity index (χ0n) is 6.08. The van der Waals surface area contributed by atoms with E-state index in [2.05, 4.69) is 11.3 Å². The highest BCUT2D eigenvalue weighted by Gasteiger charge is 1.96. The number of hydrogen-bond donors (Lipinski definition) is 0. The van der Waals surface area contributed by atoms with Crippen molar-refractivity contribution in [2.24, 2.45) is 5.92 Å². The third kappa shape index (κ3) is 3.73. The van der Waals surface area contributed by atoms with Crippen LogP contribution in [0.1, 0.15) is 6.92 Å². The normalized spacial score (nSPS) is 12.4. The van der Waals surface area contributed by atoms with Gasteiger partial charge < -0.3 is 4.74 Å². The number of nitriles is 1. The number of ether oxygens (including phenoxy) is 1. The monoisotopic (exact) mass is 137 g/mol. The van der Waals surface area contributed by atoms with E-state index in [9.17, 15) is 0 Å². The summed E-state index contributed by atoms with van der Waals surface area (Å²) in [5, 5.41) is 8.05. The predicted octanol–water partition coefficient (Wildman–Crippen LogP) is 1.86. The van der Waals surface area contributed by atoms with Gasteiger partial charge in [-0.25, -0.2) is 0 Å². The summed E-state index contributed by atoms with van der Waals surface area (Å²) in [6.45, 7) is 5.90. The fourth-order valence-corrected chi connectivity index (χ4v) is 0.583. The van der Waals surface area contributed by atoms with Crippen LogP contribution >= 0.6 is 0 Å². The molecule has 10 heavy (non-hydrogen) atoms. The first-order valence-electron chi connectivity index (χ1n) is 3.11. The Kier molecular flexibility index (Phi) is 5.17. The van der Waals surface area contributed by atoms with Crippen molar-refractivity contribution in [3.8, 4) is 6.26 Å². The molecule has 0 heterocycles. The van der Waals surface area contributed by atoms with Gasteiger partial charge >= 0.3 is 0 Å². The number of allylic oxidation sites excluding steroid dienone is 1. The van der Waals surface area contributed by atoms with E-state index in [1.54, 1.807) is 12.3 Å². The Morgan fingerprint density at radius 3 is 2.90 bits per heavy atom. The van der Waals surface area contributed by atoms with Crippen molar-refractivity contribution in [2.45, 2.75) is 6.92 Å². The van der Waals surface area contributed by atoms with Gasteiger partial charge in [-0.3, -0.25) is 0 Å². The molecule has 0 N–H and O–H groups in total. The summed E-state index contributed by atoms with van der Waals surface area (Å²) in [5.74, 6) is 0.157. The van der Waals surface area contributed by atoms with Gasteiger partial charge in [0.2, 0.25) is 0 Å². The maximum Gasteiger partial charge on any atom is 0.286 e. The lowest BCUT2D eigenvalue weighted by Crippen LogP contribution is -2.00. The van der Waals surface area contributed by atoms with Gasteiger partial charge in [-0.1, -0.05) is 18.2 Å². The van der Waals surface area contributed by atoms with E-state index in [4.69, 9.17) is 5.26 Å². The Morgan fingerprint density at radius 1 is 1.80 bits per heavy atom. The average Bonchev–Trinajstić information content (AvgIpc) is 1.98. The molecular formula is C8H11NO. The standard InChI is InChI=1S/C8H11NO/c1-3-5-8(4-2)6-10-7-9/h3-5,8H,2,6H2,1H3. The molecule has 0 aliphatic rings. The lowest BCUT2D eigenvalue weighted by atomic mass is 10.1. The fourth-order valence-electron chi connectivity index (χ4n) is 0.583. The molecule has 0 aromatic carbocycles. The quantitative estimate of drug-likeness (QED) is 0.437. The highest BCUT2D eigenvalue weighted by Crippen LogP contribution is 1.99. The number of rotatable bonds is 4. The van der Waals surface area contributed by atoms with Crippen LogP contribution in [0, 0.1) is 17.4 Å². The molecule has 0 aliphatic carbocycles. The molecular weight excluding hydrogens is 126 g/mol. The third-order valence-corrected chi connectivity index (χ3v) is 1.08. The molecule has 2 heteroatoms. The molecule has 1 unspecified atom stereocenters. The van der Waals surface area contributed by atoms with Gasteiger partial charge in [0.25, 0.3) is 6.26 Å². The zero-order valence-corrected chi connectivity index (χ0v) is 6.08. The van der Waals surface area contributed by atoms with Crippen LogP contribution in [0.2, 0.25) is 0 Å². The largest absolute Gasteiger partial charge is 0.427 e. The van der Waals surface area contributed by atoms with Crippen LogP contribution in [0.25, 0.3) is 0 Å². The summed E-state index contributed by atoms with van der Waals surface area (Å²) in [6, 6.07) is 0. The smallest absolute Gasteiger partial charge is 0.286 e. The highest BCUT2D eigenvalue weighted by atomic mass is 16.5. The van der Waals surface area contributed by atoms with Gasteiger partial charge in [-0.2, -0.15) is 5.26 Å². The minimum Gasteiger partial charge on any atom is -0.427 e. The Labute approximate surface area is 61.4 Å². The molecule has 0 saturated carbocycles. The van der Waals surface area contributed by atoms with Crippen LogP contribution in [0.3, 0.4) is 0 Å². The maximum atomic E-state index is 8.05. The van der Waals surface area contributed by atoms with Gasteiger partial charge in [-0.15, -0.1) is 6.58 Å². The maximum absolute atomic E-state index is 8.05. The SMILES string of the molecule is C=CC(C=CC)COC#N. The number of nitrogens with zero attached hydrogens (tertiary/aromatic N) is 1. The van der Waals surface area contributed by atoms with E-state index >= 15 is 0 Å². The molecule has 1 atom stereocenters. The third-order valence-electron chi connectivity index (χ3n) is 1.08. The van der Waals surface area contributed by atoms with Gasteiger partial charge in [0, 0.05) is 5.92 Å². The van der Waals surface area contributed by atoms with Crippen molar-refractivity contribution in [1.29, 1.82) is 5.26 Å². The van der Waals surface area contributed by atoms with Crippen LogP contribution < -0.4 is 0 Å². The van der Waals surface area contributed by atoms with Crippen LogP contribution in [-0.4, -0.2) is 6.61 Å². The zero-order chi connectivity index (χ0) is 7.82. The lowest BCUT2D eigenvalue weighted by Gasteiger charge is -2.01. The molecule has 0 rings (SSSR count). The first-order chi connectivity index (χ1) is 4.85. The van der Waals surface area contributed by atoms with Crippen molar-refractivity contribution >= 4 is 0 Å². The lowest BCUT2D eigenvalue weighted by molar-refractivity contribution is 0.252. The Bertz CT molecular complexity index is 155. The topological polar surface area (TPSA) is 33.0 Å². The summed E-state index contributed by atoms with van der Waals surface area (Å²) < 4.78 is 4.52. The van der Waals surface area contributed by atoms with Crippen LogP contribution in [0.15, 0.2) is 24.8 Å². The Morgan fingerprint density at radius 2 is 2.50 bits per heavy atom. The molecule has 0 spiro atoms. The summed E-state index contributed by atoms with van der Waals surface area (Å²) in [5.41, 5.74) is 0. The fraction of sp³-hybridized carbons (Fsp3) is 0.375. The second-order valence-electron chi connectivity index (χ2n) is 1.83. The van der Waals surface area contributed by atoms with Crippen molar-refractivity contribution < 1.29 is 4.74 Å². The van der Waals surface area contributed by atoms with E-state index in [-0.39, 0.29) is 5.92 Å². The van der Waals surface area contributed by atoms with Gasteiger partial charge in [0.05, 0.1) is 0 Å². The van der Waals surface area contributed by atoms with E-state index in [1.807, 2.05) is 19.1 Å². The van der Waals surface area contributed by atoms with E-state index < -0.39 is 0 Å². The minimum atomic E-state index is 0.157. The van der Waals surface area contributed by atoms with Gasteiger partial charge in [0.15, 0.2) is 0 Å². The summed E-state index contributed by atoms with van der Waals surface area (Å²) >= 11 is 0. The van der Waals surface area contributed by atoms with Crippen LogP contribution in [0.4, 0.5) is 0 Å². The van der Waals surface area contributed by atoms with Gasteiger partial charge in [0.1, 0.15) is 6.61 Å². The molecule has 54 valence electrons. The molecule has 0 aromatic rings. The van der Waals surface area contributed by atoms with Gasteiger partial charge in [-0.05, 0) is 6.92 Å². The highest BCUT2D eigenvalue weighted by molar-refractivity contribution is 4.95. The second kappa shape index (κ2) is 5.90. The first kappa shape index (κ1) is 8.77. The van der Waals surface area contributed by atoms with Crippen molar-refractivity contribution in [1.82, 2.24) is 0 Å². The van der Waals surface area contributed by atoms with Crippen molar-refractivity contribution in [3.05, 3.63) is 24.8 Å². The molecule has 0 radical (unpaired) electrons. The molecule has 0 fully saturated rings. The Balaban J connectivity index is 3.62. The minimum absolute atomic E-state index is 0.157. The molecule has 0 aliphatic heterocycles. The van der Waals surface area contributed by atoms with E-state index in [0.29, 0.717) is 6.61 Å². The first-order valence-corrected chi connectivity index (χ1v) is 3.11. The predicted molar refractivity (Wildman–Crippen MR) is 40.1 cm³/mol. The Hall–Kier alpha value is -1.23. The molecule has 2 nitrogen and oxygen atoms in total. The molecule has 0 aromatic heterocycles. The summed E-state index contributed by atoms with van der Waals surface area (Å²) in [4.78, 5) is 0. The second-order valence-corrected chi connectivity index (χ2v) is 1.83. The van der Waals surface area contributed by atoms with Crippen LogP contribution in [0.5, 0.6) is 0 Å². The molecule has 0 amide bonds. The molecule has 0 saturated heterocycles. The van der Waals surface area contributed by atoms with Crippen molar-refractivity contribution in [2.75, 3.05) is 6.61 Å². The molecule has 0 bridgehead atoms.